The molecule has 0 spiro atoms. The summed E-state index contributed by atoms with van der Waals surface area (Å²) >= 11 is 0. The number of aliphatic hydroxyl groups excluding tert-OH is 2. The van der Waals surface area contributed by atoms with Crippen LogP contribution in [-0.2, 0) is 11.8 Å². The van der Waals surface area contributed by atoms with Crippen LogP contribution < -0.4 is 0 Å². The first kappa shape index (κ1) is 37.9. The third-order valence-corrected chi connectivity index (χ3v) is 5.13. The van der Waals surface area contributed by atoms with Gasteiger partial charge in [-0.1, -0.05) is 63.5 Å². The molecule has 2 unspecified atom stereocenters. The van der Waals surface area contributed by atoms with E-state index in [1.807, 2.05) is 64.0 Å². The van der Waals surface area contributed by atoms with Crippen LogP contribution in [0.2, 0.25) is 0 Å². The van der Waals surface area contributed by atoms with Crippen molar-refractivity contribution in [2.24, 2.45) is 18.9 Å². The minimum absolute atomic E-state index is 0.250. The van der Waals surface area contributed by atoms with Crippen molar-refractivity contribution >= 4 is 17.4 Å². The number of benzene rings is 1. The van der Waals surface area contributed by atoms with Gasteiger partial charge in [-0.3, -0.25) is 4.79 Å². The molecule has 36 heavy (non-hydrogen) atoms. The average molecular weight is 506 g/mol. The van der Waals surface area contributed by atoms with Crippen LogP contribution in [0.3, 0.4) is 0 Å². The molecule has 6 nitrogen and oxygen atoms in total. The number of fused-ring (bicyclic) bond motifs is 1. The number of nitrogens with zero attached hydrogens (tertiary/aromatic N) is 3. The molecule has 1 aliphatic rings. The number of carbonyl (C=O) groups excluding carboxylic acids is 1. The van der Waals surface area contributed by atoms with E-state index in [1.54, 1.807) is 24.8 Å². The minimum Gasteiger partial charge on any atom is -0.516 e. The normalized spacial score (nSPS) is 15.5. The molecule has 1 amide bonds. The van der Waals surface area contributed by atoms with Gasteiger partial charge in [-0.25, -0.2) is 4.98 Å². The van der Waals surface area contributed by atoms with Gasteiger partial charge in [-0.2, -0.15) is 0 Å². The highest BCUT2D eigenvalue weighted by Crippen LogP contribution is 2.28. The third kappa shape index (κ3) is 21.9. The lowest BCUT2D eigenvalue weighted by atomic mass is 9.82. The van der Waals surface area contributed by atoms with E-state index in [0.717, 1.165) is 36.6 Å². The van der Waals surface area contributed by atoms with Crippen LogP contribution in [0.5, 0.6) is 0 Å². The minimum atomic E-state index is 0.250. The summed E-state index contributed by atoms with van der Waals surface area (Å²) in [5, 5.41) is 15.3. The van der Waals surface area contributed by atoms with E-state index in [9.17, 15) is 4.79 Å². The summed E-state index contributed by atoms with van der Waals surface area (Å²) in [7, 11) is 3.86. The molecule has 1 aromatic heterocycles. The third-order valence-electron chi connectivity index (χ3n) is 5.13. The lowest BCUT2D eigenvalue weighted by molar-refractivity contribution is -0.117. The summed E-state index contributed by atoms with van der Waals surface area (Å²) in [6, 6.07) is 8.08. The summed E-state index contributed by atoms with van der Waals surface area (Å²) in [6.45, 7) is 17.1. The van der Waals surface area contributed by atoms with Crippen molar-refractivity contribution in [3.8, 4) is 0 Å². The smallest absolute Gasteiger partial charge is 0.209 e. The molecule has 1 fully saturated rings. The first-order valence-corrected chi connectivity index (χ1v) is 13.2. The molecule has 0 aliphatic heterocycles. The van der Waals surface area contributed by atoms with Gasteiger partial charge in [-0.15, -0.1) is 0 Å². The van der Waals surface area contributed by atoms with Crippen molar-refractivity contribution in [3.63, 3.8) is 0 Å². The second-order valence-corrected chi connectivity index (χ2v) is 8.69. The van der Waals surface area contributed by atoms with E-state index in [4.69, 9.17) is 10.2 Å². The molecule has 6 heteroatoms. The Labute approximate surface area is 221 Å². The SMILES string of the molecule is C/C=C/O.CC.CC1CCCC(CN(C)C=O)C1.CC=C(C)C.CCO.Cn1cnc2ccccc21. The fraction of sp³-hybridized carbons (Fsp3) is 0.600. The standard InChI is InChI=1S/C10H19NO.C8H8N2.C5H10.C3H6O.C2H6O.C2H6/c1-9-4-3-5-10(6-9)7-11(2)8-12;1-10-6-9-7-4-2-3-5-8(7)10;1-4-5(2)3;1-2-3-4;1-2-3;1-2/h8-10H,3-7H2,1-2H3;2-6H,1H3;4H,1-3H3;2-4H,1H3;3H,2H2,1H3;1-2H3/b;;;3-2+;;. The Bertz CT molecular complexity index is 792. The van der Waals surface area contributed by atoms with Gasteiger partial charge in [0.15, 0.2) is 0 Å². The van der Waals surface area contributed by atoms with Crippen molar-refractivity contribution in [2.45, 2.75) is 81.1 Å². The van der Waals surface area contributed by atoms with Crippen LogP contribution in [-0.4, -0.2) is 51.3 Å². The molecule has 0 radical (unpaired) electrons. The number of aromatic nitrogens is 2. The second-order valence-electron chi connectivity index (χ2n) is 8.69. The van der Waals surface area contributed by atoms with Crippen LogP contribution in [0.1, 0.15) is 81.1 Å². The fourth-order valence-electron chi connectivity index (χ4n) is 3.26. The lowest BCUT2D eigenvalue weighted by Crippen LogP contribution is -2.27. The Kier molecular flexibility index (Phi) is 28.4. The van der Waals surface area contributed by atoms with Gasteiger partial charge in [0.25, 0.3) is 0 Å². The maximum absolute atomic E-state index is 10.4. The monoisotopic (exact) mass is 505 g/mol. The number of imidazole rings is 1. The predicted octanol–water partition coefficient (Wildman–Crippen LogP) is 7.55. The zero-order valence-corrected chi connectivity index (χ0v) is 24.7. The zero-order valence-electron chi connectivity index (χ0n) is 24.7. The van der Waals surface area contributed by atoms with Gasteiger partial charge in [-0.05, 0) is 71.4 Å². The highest BCUT2D eigenvalue weighted by atomic mass is 16.2. The number of carbonyl (C=O) groups is 1. The van der Waals surface area contributed by atoms with Crippen molar-refractivity contribution in [2.75, 3.05) is 20.2 Å². The highest BCUT2D eigenvalue weighted by Gasteiger charge is 2.19. The number of hydrogen-bond acceptors (Lipinski definition) is 4. The topological polar surface area (TPSA) is 78.6 Å². The van der Waals surface area contributed by atoms with Crippen molar-refractivity contribution < 1.29 is 15.0 Å². The number of allylic oxidation sites excluding steroid dienone is 3. The van der Waals surface area contributed by atoms with Crippen LogP contribution >= 0.6 is 0 Å². The van der Waals surface area contributed by atoms with Crippen LogP contribution in [0.4, 0.5) is 0 Å². The van der Waals surface area contributed by atoms with Crippen LogP contribution in [0.25, 0.3) is 11.0 Å². The Morgan fingerprint density at radius 3 is 2.14 bits per heavy atom. The van der Waals surface area contributed by atoms with E-state index in [-0.39, 0.29) is 6.61 Å². The van der Waals surface area contributed by atoms with Crippen molar-refractivity contribution in [1.82, 2.24) is 14.5 Å². The largest absolute Gasteiger partial charge is 0.516 e. The molecule has 2 atom stereocenters. The summed E-state index contributed by atoms with van der Waals surface area (Å²) < 4.78 is 2.01. The van der Waals surface area contributed by atoms with Crippen LogP contribution in [0, 0.1) is 11.8 Å². The Morgan fingerprint density at radius 1 is 1.19 bits per heavy atom. The number of amides is 1. The van der Waals surface area contributed by atoms with Gasteiger partial charge >= 0.3 is 0 Å². The van der Waals surface area contributed by atoms with E-state index in [1.165, 1.54) is 36.8 Å². The fourth-order valence-corrected chi connectivity index (χ4v) is 3.26. The molecule has 0 bridgehead atoms. The highest BCUT2D eigenvalue weighted by molar-refractivity contribution is 5.74. The molecule has 1 aliphatic carbocycles. The maximum Gasteiger partial charge on any atom is 0.209 e. The molecule has 3 rings (SSSR count). The molecule has 208 valence electrons. The predicted molar refractivity (Wildman–Crippen MR) is 157 cm³/mol. The number of hydrogen-bond donors (Lipinski definition) is 2. The van der Waals surface area contributed by atoms with Gasteiger partial charge < -0.3 is 19.7 Å². The first-order valence-electron chi connectivity index (χ1n) is 13.2. The number of aryl methyl sites for hydroxylation is 1. The van der Waals surface area contributed by atoms with Crippen LogP contribution in [0.15, 0.2) is 54.6 Å². The van der Waals surface area contributed by atoms with Gasteiger partial charge in [0.2, 0.25) is 6.41 Å². The zero-order chi connectivity index (χ0) is 28.4. The van der Waals surface area contributed by atoms with Gasteiger partial charge in [0.1, 0.15) is 0 Å². The molecular weight excluding hydrogens is 450 g/mol. The number of para-hydroxylation sites is 2. The Morgan fingerprint density at radius 2 is 1.72 bits per heavy atom. The molecule has 1 aromatic carbocycles. The molecule has 2 aromatic rings. The van der Waals surface area contributed by atoms with E-state index in [2.05, 4.69) is 37.9 Å². The maximum atomic E-state index is 10.4. The molecule has 1 saturated carbocycles. The number of rotatable bonds is 3. The van der Waals surface area contributed by atoms with Gasteiger partial charge in [0.05, 0.1) is 23.6 Å². The molecule has 1 heterocycles. The lowest BCUT2D eigenvalue weighted by Gasteiger charge is -2.28. The second kappa shape index (κ2) is 27.0. The Hall–Kier alpha value is -2.60. The first-order chi connectivity index (χ1) is 17.2. The Balaban J connectivity index is -0.000000408. The summed E-state index contributed by atoms with van der Waals surface area (Å²) in [4.78, 5) is 16.3. The summed E-state index contributed by atoms with van der Waals surface area (Å²) in [5.74, 6) is 1.62. The molecule has 0 saturated heterocycles. The van der Waals surface area contributed by atoms with E-state index < -0.39 is 0 Å². The average Bonchev–Trinajstić information content (AvgIpc) is 3.27. The summed E-state index contributed by atoms with van der Waals surface area (Å²) in [5.41, 5.74) is 3.62. The van der Waals surface area contributed by atoms with Gasteiger partial charge in [0, 0.05) is 27.2 Å². The quantitative estimate of drug-likeness (QED) is 0.256. The van der Waals surface area contributed by atoms with E-state index in [0.29, 0.717) is 0 Å². The number of aliphatic hydroxyl groups is 2. The summed E-state index contributed by atoms with van der Waals surface area (Å²) in [6.07, 6.45) is 12.7. The molecule has 2 N–H and O–H groups in total. The van der Waals surface area contributed by atoms with Crippen molar-refractivity contribution in [3.05, 3.63) is 54.6 Å². The van der Waals surface area contributed by atoms with E-state index >= 15 is 0 Å². The molecular formula is C30H55N3O3. The van der Waals surface area contributed by atoms with Crippen molar-refractivity contribution in [1.29, 1.82) is 0 Å².